The molecule has 2 saturated heterocycles. The fraction of sp³-hybridized carbons (Fsp3) is 0.375. The number of fused-ring (bicyclic) bond motifs is 1. The van der Waals surface area contributed by atoms with Gasteiger partial charge in [-0.25, -0.2) is 9.78 Å². The Labute approximate surface area is 247 Å². The summed E-state index contributed by atoms with van der Waals surface area (Å²) in [7, 11) is 3.92. The first kappa shape index (κ1) is 27.7. The van der Waals surface area contributed by atoms with E-state index in [0.717, 1.165) is 43.0 Å². The van der Waals surface area contributed by atoms with Gasteiger partial charge in [-0.3, -0.25) is 9.69 Å². The van der Waals surface area contributed by atoms with Crippen LogP contribution in [-0.4, -0.2) is 96.0 Å². The number of hydrogen-bond acceptors (Lipinski definition) is 7. The minimum Gasteiger partial charge on any atom is -0.369 e. The summed E-state index contributed by atoms with van der Waals surface area (Å²) >= 11 is 0. The maximum atomic E-state index is 13.8. The van der Waals surface area contributed by atoms with Crippen molar-refractivity contribution in [3.05, 3.63) is 84.6 Å². The number of amides is 3. The highest BCUT2D eigenvalue weighted by atomic mass is 16.2. The van der Waals surface area contributed by atoms with Gasteiger partial charge in [0.25, 0.3) is 0 Å². The van der Waals surface area contributed by atoms with Crippen molar-refractivity contribution in [2.45, 2.75) is 24.9 Å². The highest BCUT2D eigenvalue weighted by molar-refractivity contribution is 5.93. The first-order valence-electron chi connectivity index (χ1n) is 14.6. The molecule has 42 heavy (non-hydrogen) atoms. The molecule has 218 valence electrons. The Morgan fingerprint density at radius 2 is 1.74 bits per heavy atom. The predicted octanol–water partition coefficient (Wildman–Crippen LogP) is 3.91. The highest BCUT2D eigenvalue weighted by Gasteiger charge is 2.41. The monoisotopic (exact) mass is 566 g/mol. The fourth-order valence-electron chi connectivity index (χ4n) is 6.27. The third-order valence-corrected chi connectivity index (χ3v) is 8.72. The van der Waals surface area contributed by atoms with E-state index in [-0.39, 0.29) is 23.9 Å². The number of piperazine rings is 1. The fourth-order valence-corrected chi connectivity index (χ4v) is 6.27. The number of nitrogens with one attached hydrogen (secondary N) is 1. The maximum Gasteiger partial charge on any atom is 0.325 e. The quantitative estimate of drug-likeness (QED) is 0.453. The van der Waals surface area contributed by atoms with E-state index >= 15 is 0 Å². The Balaban J connectivity index is 1.19. The number of likely N-dealkylation sites (tertiary alicyclic amines) is 1. The average molecular weight is 567 g/mol. The third kappa shape index (κ3) is 5.54. The molecule has 2 aromatic carbocycles. The SMILES string of the molecule is C=CC(=O)N1CCC(N2Cc3cnc(Nc4ccc(N5CCN(C)CC5)cc4)nc3N(C)C2=O)C(c2ccccc2)C1. The Bertz CT molecular complexity index is 1440. The van der Waals surface area contributed by atoms with Gasteiger partial charge in [0.1, 0.15) is 5.82 Å². The van der Waals surface area contributed by atoms with Crippen LogP contribution in [0.3, 0.4) is 0 Å². The summed E-state index contributed by atoms with van der Waals surface area (Å²) in [6.07, 6.45) is 3.86. The van der Waals surface area contributed by atoms with Crippen LogP contribution >= 0.6 is 0 Å². The van der Waals surface area contributed by atoms with Gasteiger partial charge in [-0.2, -0.15) is 4.98 Å². The van der Waals surface area contributed by atoms with Crippen LogP contribution < -0.4 is 15.1 Å². The van der Waals surface area contributed by atoms with Gasteiger partial charge in [-0.05, 0) is 49.4 Å². The molecule has 2 atom stereocenters. The summed E-state index contributed by atoms with van der Waals surface area (Å²) in [5.74, 6) is 0.966. The van der Waals surface area contributed by atoms with E-state index in [0.29, 0.717) is 37.8 Å². The van der Waals surface area contributed by atoms with Crippen LogP contribution in [0.15, 0.2) is 73.4 Å². The van der Waals surface area contributed by atoms with Gasteiger partial charge in [0.05, 0.1) is 6.54 Å². The number of anilines is 4. The molecular weight excluding hydrogens is 528 g/mol. The summed E-state index contributed by atoms with van der Waals surface area (Å²) in [6, 6.07) is 18.3. The Kier molecular flexibility index (Phi) is 7.80. The van der Waals surface area contributed by atoms with Gasteiger partial charge in [-0.1, -0.05) is 36.9 Å². The molecule has 3 aliphatic heterocycles. The number of piperidine rings is 1. The average Bonchev–Trinajstić information content (AvgIpc) is 3.03. The van der Waals surface area contributed by atoms with E-state index < -0.39 is 0 Å². The van der Waals surface area contributed by atoms with E-state index in [1.54, 1.807) is 11.9 Å². The highest BCUT2D eigenvalue weighted by Crippen LogP contribution is 2.36. The zero-order valence-corrected chi connectivity index (χ0v) is 24.3. The van der Waals surface area contributed by atoms with Crippen molar-refractivity contribution in [1.82, 2.24) is 24.7 Å². The molecule has 2 unspecified atom stereocenters. The molecule has 0 aliphatic carbocycles. The molecule has 4 heterocycles. The van der Waals surface area contributed by atoms with Crippen molar-refractivity contribution in [2.24, 2.45) is 0 Å². The second-order valence-corrected chi connectivity index (χ2v) is 11.3. The second kappa shape index (κ2) is 11.8. The summed E-state index contributed by atoms with van der Waals surface area (Å²) in [6.45, 7) is 9.36. The van der Waals surface area contributed by atoms with Crippen molar-refractivity contribution in [1.29, 1.82) is 0 Å². The van der Waals surface area contributed by atoms with Gasteiger partial charge in [-0.15, -0.1) is 0 Å². The van der Waals surface area contributed by atoms with Crippen molar-refractivity contribution in [3.63, 3.8) is 0 Å². The van der Waals surface area contributed by atoms with Crippen LogP contribution in [0.4, 0.5) is 27.9 Å². The molecule has 0 radical (unpaired) electrons. The number of likely N-dealkylation sites (N-methyl/N-ethyl adjacent to an activating group) is 1. The van der Waals surface area contributed by atoms with Crippen LogP contribution in [0, 0.1) is 0 Å². The number of aromatic nitrogens is 2. The lowest BCUT2D eigenvalue weighted by Gasteiger charge is -2.46. The zero-order chi connectivity index (χ0) is 29.2. The molecule has 10 heteroatoms. The van der Waals surface area contributed by atoms with E-state index in [1.165, 1.54) is 11.8 Å². The van der Waals surface area contributed by atoms with Crippen LogP contribution in [0.5, 0.6) is 0 Å². The standard InChI is InChI=1S/C32H38N8O2/c1-4-29(41)39-15-14-28(27(22-39)23-8-6-5-7-9-23)40-21-24-20-33-31(35-30(24)37(3)32(40)42)34-25-10-12-26(13-11-25)38-18-16-36(2)17-19-38/h4-13,20,27-28H,1,14-19,21-22H2,2-3H3,(H,33,34,35). The van der Waals surface area contributed by atoms with Crippen LogP contribution in [0.25, 0.3) is 0 Å². The molecule has 0 saturated carbocycles. The Morgan fingerprint density at radius 1 is 1.00 bits per heavy atom. The summed E-state index contributed by atoms with van der Waals surface area (Å²) in [5, 5.41) is 3.30. The normalized spacial score (nSPS) is 21.2. The molecule has 2 fully saturated rings. The molecule has 1 aromatic heterocycles. The number of nitrogens with zero attached hydrogens (tertiary/aromatic N) is 7. The number of carbonyl (C=O) groups excluding carboxylic acids is 2. The van der Waals surface area contributed by atoms with Gasteiger partial charge < -0.3 is 24.9 Å². The summed E-state index contributed by atoms with van der Waals surface area (Å²) in [5.41, 5.74) is 4.11. The van der Waals surface area contributed by atoms with Gasteiger partial charge in [0.2, 0.25) is 11.9 Å². The van der Waals surface area contributed by atoms with Crippen LogP contribution in [0.2, 0.25) is 0 Å². The minimum absolute atomic E-state index is 0.0153. The predicted molar refractivity (Wildman–Crippen MR) is 165 cm³/mol. The van der Waals surface area contributed by atoms with Gasteiger partial charge in [0.15, 0.2) is 0 Å². The number of hydrogen-bond donors (Lipinski definition) is 1. The van der Waals surface area contributed by atoms with Crippen molar-refractivity contribution in [3.8, 4) is 0 Å². The first-order valence-corrected chi connectivity index (χ1v) is 14.6. The number of rotatable bonds is 6. The smallest absolute Gasteiger partial charge is 0.325 e. The molecule has 0 bridgehead atoms. The lowest BCUT2D eigenvalue weighted by atomic mass is 9.84. The van der Waals surface area contributed by atoms with Crippen molar-refractivity contribution < 1.29 is 9.59 Å². The van der Waals surface area contributed by atoms with Gasteiger partial charge >= 0.3 is 6.03 Å². The Hall–Kier alpha value is -4.44. The molecule has 1 N–H and O–H groups in total. The topological polar surface area (TPSA) is 88.2 Å². The molecule has 3 amide bonds. The molecule has 3 aliphatic rings. The molecule has 6 rings (SSSR count). The maximum absolute atomic E-state index is 13.8. The first-order chi connectivity index (χ1) is 20.4. The van der Waals surface area contributed by atoms with Crippen LogP contribution in [-0.2, 0) is 11.3 Å². The molecule has 0 spiro atoms. The number of urea groups is 1. The van der Waals surface area contributed by atoms with Gasteiger partial charge in [0, 0.05) is 81.4 Å². The van der Waals surface area contributed by atoms with Crippen molar-refractivity contribution >= 4 is 35.1 Å². The number of benzene rings is 2. The largest absolute Gasteiger partial charge is 0.369 e. The zero-order valence-electron chi connectivity index (χ0n) is 24.3. The lowest BCUT2D eigenvalue weighted by Crippen LogP contribution is -2.56. The second-order valence-electron chi connectivity index (χ2n) is 11.3. The van der Waals surface area contributed by atoms with E-state index in [9.17, 15) is 9.59 Å². The number of carbonyl (C=O) groups is 2. The summed E-state index contributed by atoms with van der Waals surface area (Å²) < 4.78 is 0. The molecule has 10 nitrogen and oxygen atoms in total. The molecule has 3 aromatic rings. The van der Waals surface area contributed by atoms with Crippen LogP contribution in [0.1, 0.15) is 23.5 Å². The van der Waals surface area contributed by atoms with E-state index in [2.05, 4.69) is 58.0 Å². The lowest BCUT2D eigenvalue weighted by molar-refractivity contribution is -0.127. The van der Waals surface area contributed by atoms with Crippen molar-refractivity contribution in [2.75, 3.05) is 68.5 Å². The Morgan fingerprint density at radius 3 is 2.45 bits per heavy atom. The third-order valence-electron chi connectivity index (χ3n) is 8.72. The molecular formula is C32H38N8O2. The summed E-state index contributed by atoms with van der Waals surface area (Å²) in [4.78, 5) is 45.7. The minimum atomic E-state index is -0.0990. The van der Waals surface area contributed by atoms with E-state index in [4.69, 9.17) is 4.98 Å². The van der Waals surface area contributed by atoms with E-state index in [1.807, 2.05) is 46.3 Å².